The van der Waals surface area contributed by atoms with Gasteiger partial charge in [0, 0.05) is 13.0 Å². The standard InChI is InChI=1S/C17H19N3O5/c1-3-24-15-7-4-14(5-8-15)6-9-17(21)25-11-10-19-13(2)18-12-16(19)20(22)23/h4-9,12H,3,10-11H2,1-2H3/b9-6+. The van der Waals surface area contributed by atoms with Crippen LogP contribution in [0.25, 0.3) is 6.08 Å². The van der Waals surface area contributed by atoms with Gasteiger partial charge in [-0.1, -0.05) is 12.1 Å². The molecular weight excluding hydrogens is 326 g/mol. The summed E-state index contributed by atoms with van der Waals surface area (Å²) in [6.07, 6.45) is 4.12. The number of nitrogens with zero attached hydrogens (tertiary/aromatic N) is 3. The zero-order chi connectivity index (χ0) is 18.2. The van der Waals surface area contributed by atoms with Crippen molar-refractivity contribution in [3.8, 4) is 5.75 Å². The molecule has 0 radical (unpaired) electrons. The molecule has 8 nitrogen and oxygen atoms in total. The molecule has 2 aromatic rings. The van der Waals surface area contributed by atoms with Gasteiger partial charge in [0.1, 0.15) is 25.1 Å². The molecule has 2 rings (SSSR count). The first-order valence-electron chi connectivity index (χ1n) is 7.75. The number of imidazole rings is 1. The molecule has 1 aromatic carbocycles. The van der Waals surface area contributed by atoms with Crippen LogP contribution >= 0.6 is 0 Å². The zero-order valence-corrected chi connectivity index (χ0v) is 14.0. The van der Waals surface area contributed by atoms with Gasteiger partial charge >= 0.3 is 11.8 Å². The van der Waals surface area contributed by atoms with Gasteiger partial charge in [0.15, 0.2) is 5.82 Å². The second-order valence-electron chi connectivity index (χ2n) is 5.08. The van der Waals surface area contributed by atoms with E-state index >= 15 is 0 Å². The van der Waals surface area contributed by atoms with Crippen LogP contribution in [0.1, 0.15) is 18.3 Å². The summed E-state index contributed by atoms with van der Waals surface area (Å²) in [4.78, 5) is 26.0. The van der Waals surface area contributed by atoms with Crippen LogP contribution in [0.15, 0.2) is 36.5 Å². The fourth-order valence-electron chi connectivity index (χ4n) is 2.17. The SMILES string of the molecule is CCOc1ccc(/C=C/C(=O)OCCn2c([N+](=O)[O-])cnc2C)cc1. The van der Waals surface area contributed by atoms with Gasteiger partial charge in [-0.3, -0.25) is 0 Å². The molecule has 0 saturated carbocycles. The number of nitro groups is 1. The Hall–Kier alpha value is -3.16. The highest BCUT2D eigenvalue weighted by Crippen LogP contribution is 2.14. The van der Waals surface area contributed by atoms with Crippen LogP contribution in [0, 0.1) is 17.0 Å². The summed E-state index contributed by atoms with van der Waals surface area (Å²) in [7, 11) is 0. The molecule has 0 bridgehead atoms. The Bertz CT molecular complexity index is 765. The monoisotopic (exact) mass is 345 g/mol. The summed E-state index contributed by atoms with van der Waals surface area (Å²) < 4.78 is 11.8. The van der Waals surface area contributed by atoms with E-state index < -0.39 is 10.9 Å². The van der Waals surface area contributed by atoms with E-state index in [9.17, 15) is 14.9 Å². The van der Waals surface area contributed by atoms with Gasteiger partial charge in [0.25, 0.3) is 0 Å². The van der Waals surface area contributed by atoms with Gasteiger partial charge in [0.05, 0.1) is 6.61 Å². The van der Waals surface area contributed by atoms with Gasteiger partial charge in [-0.2, -0.15) is 0 Å². The Labute approximate surface area is 144 Å². The van der Waals surface area contributed by atoms with E-state index in [1.165, 1.54) is 16.8 Å². The van der Waals surface area contributed by atoms with Crippen molar-refractivity contribution in [2.45, 2.75) is 20.4 Å². The smallest absolute Gasteiger partial charge is 0.342 e. The molecule has 0 unspecified atom stereocenters. The minimum absolute atomic E-state index is 0.0183. The lowest BCUT2D eigenvalue weighted by Gasteiger charge is -2.04. The first kappa shape index (κ1) is 18.2. The average molecular weight is 345 g/mol. The van der Waals surface area contributed by atoms with Gasteiger partial charge in [-0.15, -0.1) is 0 Å². The van der Waals surface area contributed by atoms with Crippen molar-refractivity contribution < 1.29 is 19.2 Å². The summed E-state index contributed by atoms with van der Waals surface area (Å²) in [6.45, 7) is 4.34. The first-order valence-corrected chi connectivity index (χ1v) is 7.75. The molecule has 0 amide bonds. The third-order valence-corrected chi connectivity index (χ3v) is 3.38. The van der Waals surface area contributed by atoms with Crippen molar-refractivity contribution in [1.82, 2.24) is 9.55 Å². The maximum atomic E-state index is 11.7. The molecule has 132 valence electrons. The lowest BCUT2D eigenvalue weighted by atomic mass is 10.2. The first-order chi connectivity index (χ1) is 12.0. The largest absolute Gasteiger partial charge is 0.494 e. The third kappa shape index (κ3) is 5.17. The highest BCUT2D eigenvalue weighted by molar-refractivity contribution is 5.87. The lowest BCUT2D eigenvalue weighted by Crippen LogP contribution is -2.12. The van der Waals surface area contributed by atoms with E-state index in [1.54, 1.807) is 13.0 Å². The van der Waals surface area contributed by atoms with Crippen LogP contribution in [0.4, 0.5) is 5.82 Å². The number of ether oxygens (including phenoxy) is 2. The van der Waals surface area contributed by atoms with Gasteiger partial charge in [0.2, 0.25) is 0 Å². The van der Waals surface area contributed by atoms with Crippen molar-refractivity contribution in [2.75, 3.05) is 13.2 Å². The molecule has 25 heavy (non-hydrogen) atoms. The molecule has 0 fully saturated rings. The lowest BCUT2D eigenvalue weighted by molar-refractivity contribution is -0.392. The second kappa shape index (κ2) is 8.62. The maximum Gasteiger partial charge on any atom is 0.342 e. The molecule has 8 heteroatoms. The highest BCUT2D eigenvalue weighted by Gasteiger charge is 2.17. The number of carbonyl (C=O) groups is 1. The van der Waals surface area contributed by atoms with Gasteiger partial charge < -0.3 is 19.6 Å². The molecular formula is C17H19N3O5. The van der Waals surface area contributed by atoms with Crippen LogP contribution in [0.3, 0.4) is 0 Å². The Morgan fingerprint density at radius 2 is 2.08 bits per heavy atom. The zero-order valence-electron chi connectivity index (χ0n) is 14.0. The van der Waals surface area contributed by atoms with Crippen molar-refractivity contribution in [2.24, 2.45) is 0 Å². The number of aromatic nitrogens is 2. The van der Waals surface area contributed by atoms with E-state index in [1.807, 2.05) is 31.2 Å². The molecule has 1 aromatic heterocycles. The summed E-state index contributed by atoms with van der Waals surface area (Å²) in [6, 6.07) is 7.28. The number of hydrogen-bond acceptors (Lipinski definition) is 6. The fraction of sp³-hybridized carbons (Fsp3) is 0.294. The second-order valence-corrected chi connectivity index (χ2v) is 5.08. The Morgan fingerprint density at radius 3 is 2.72 bits per heavy atom. The minimum atomic E-state index is -0.520. The summed E-state index contributed by atoms with van der Waals surface area (Å²) in [5.41, 5.74) is 0.835. The van der Waals surface area contributed by atoms with Gasteiger partial charge in [-0.05, 0) is 35.6 Å². The quantitative estimate of drug-likeness (QED) is 0.316. The number of aryl methyl sites for hydroxylation is 1. The molecule has 0 aliphatic rings. The Morgan fingerprint density at radius 1 is 1.36 bits per heavy atom. The minimum Gasteiger partial charge on any atom is -0.494 e. The molecule has 0 atom stereocenters. The van der Waals surface area contributed by atoms with Crippen molar-refractivity contribution >= 4 is 17.9 Å². The summed E-state index contributed by atoms with van der Waals surface area (Å²) in [5.74, 6) is 0.611. The van der Waals surface area contributed by atoms with Crippen molar-refractivity contribution in [1.29, 1.82) is 0 Å². The van der Waals surface area contributed by atoms with E-state index in [-0.39, 0.29) is 19.0 Å². The normalized spacial score (nSPS) is 10.8. The number of rotatable bonds is 8. The summed E-state index contributed by atoms with van der Waals surface area (Å²) >= 11 is 0. The molecule has 0 saturated heterocycles. The van der Waals surface area contributed by atoms with E-state index in [4.69, 9.17) is 9.47 Å². The van der Waals surface area contributed by atoms with Crippen molar-refractivity contribution in [3.05, 3.63) is 58.0 Å². The Balaban J connectivity index is 1.84. The van der Waals surface area contributed by atoms with E-state index in [0.29, 0.717) is 12.4 Å². The van der Waals surface area contributed by atoms with Gasteiger partial charge in [-0.25, -0.2) is 14.3 Å². The predicted molar refractivity (Wildman–Crippen MR) is 91.2 cm³/mol. The number of esters is 1. The summed E-state index contributed by atoms with van der Waals surface area (Å²) in [5, 5.41) is 10.9. The molecule has 0 N–H and O–H groups in total. The molecule has 0 aliphatic heterocycles. The number of carbonyl (C=O) groups excluding carboxylic acids is 1. The maximum absolute atomic E-state index is 11.7. The van der Waals surface area contributed by atoms with Crippen LogP contribution in [0.5, 0.6) is 5.75 Å². The molecule has 0 aliphatic carbocycles. The highest BCUT2D eigenvalue weighted by atomic mass is 16.6. The fourth-order valence-corrected chi connectivity index (χ4v) is 2.17. The van der Waals surface area contributed by atoms with Crippen LogP contribution in [-0.4, -0.2) is 33.7 Å². The van der Waals surface area contributed by atoms with E-state index in [2.05, 4.69) is 4.98 Å². The molecule has 1 heterocycles. The molecule has 0 spiro atoms. The third-order valence-electron chi connectivity index (χ3n) is 3.38. The van der Waals surface area contributed by atoms with Crippen LogP contribution in [-0.2, 0) is 16.1 Å². The topological polar surface area (TPSA) is 96.5 Å². The predicted octanol–water partition coefficient (Wildman–Crippen LogP) is 2.76. The average Bonchev–Trinajstić information content (AvgIpc) is 2.96. The van der Waals surface area contributed by atoms with Crippen LogP contribution < -0.4 is 4.74 Å². The van der Waals surface area contributed by atoms with E-state index in [0.717, 1.165) is 11.3 Å². The Kier molecular flexibility index (Phi) is 6.27. The number of hydrogen-bond donors (Lipinski definition) is 0. The van der Waals surface area contributed by atoms with Crippen LogP contribution in [0.2, 0.25) is 0 Å². The number of benzene rings is 1. The van der Waals surface area contributed by atoms with Crippen molar-refractivity contribution in [3.63, 3.8) is 0 Å².